The van der Waals surface area contributed by atoms with Crippen molar-refractivity contribution in [1.29, 1.82) is 0 Å². The third-order valence-electron chi connectivity index (χ3n) is 2.36. The first-order chi connectivity index (χ1) is 8.93. The Morgan fingerprint density at radius 3 is 2.74 bits per heavy atom. The molecule has 98 valence electrons. The van der Waals surface area contributed by atoms with Gasteiger partial charge < -0.3 is 15.2 Å². The van der Waals surface area contributed by atoms with Crippen LogP contribution in [0, 0.1) is 0 Å². The maximum absolute atomic E-state index is 12.8. The normalized spacial score (nSPS) is 21.9. The quantitative estimate of drug-likeness (QED) is 0.798. The number of alkyl halides is 2. The molecule has 0 atom stereocenters. The maximum Gasteiger partial charge on any atom is 0.586 e. The third-order valence-corrected chi connectivity index (χ3v) is 3.17. The zero-order chi connectivity index (χ0) is 13.6. The molecule has 0 aliphatic carbocycles. The fourth-order valence-corrected chi connectivity index (χ4v) is 2.31. The summed E-state index contributed by atoms with van der Waals surface area (Å²) in [6.07, 6.45) is -2.16. The number of halogens is 2. The van der Waals surface area contributed by atoms with Gasteiger partial charge in [-0.1, -0.05) is 6.07 Å². The predicted octanol–water partition coefficient (Wildman–Crippen LogP) is 1.94. The Balaban J connectivity index is 1.90. The van der Waals surface area contributed by atoms with Crippen LogP contribution in [0.3, 0.4) is 0 Å². The number of amides is 1. The lowest BCUT2D eigenvalue weighted by molar-refractivity contribution is -0.286. The van der Waals surface area contributed by atoms with Crippen LogP contribution < -0.4 is 15.2 Å². The molecule has 1 amide bonds. The second-order valence-corrected chi connectivity index (χ2v) is 4.80. The third kappa shape index (κ3) is 2.26. The molecule has 2 aliphatic heterocycles. The summed E-state index contributed by atoms with van der Waals surface area (Å²) in [6.45, 7) is 0. The van der Waals surface area contributed by atoms with Crippen molar-refractivity contribution in [3.63, 3.8) is 0 Å². The number of rotatable bonds is 1. The number of hydrogen-bond acceptors (Lipinski definition) is 5. The van der Waals surface area contributed by atoms with Crippen molar-refractivity contribution < 1.29 is 23.0 Å². The van der Waals surface area contributed by atoms with E-state index in [2.05, 4.69) is 14.5 Å². The molecule has 0 saturated heterocycles. The zero-order valence-electron chi connectivity index (χ0n) is 9.22. The van der Waals surface area contributed by atoms with Gasteiger partial charge in [0.1, 0.15) is 0 Å². The topological polar surface area (TPSA) is 73.9 Å². The van der Waals surface area contributed by atoms with Gasteiger partial charge in [0, 0.05) is 0 Å². The molecule has 0 spiro atoms. The van der Waals surface area contributed by atoms with Crippen molar-refractivity contribution >= 4 is 28.9 Å². The number of thioether (sulfide) groups is 1. The number of nitrogens with zero attached hydrogens (tertiary/aromatic N) is 1. The lowest BCUT2D eigenvalue weighted by Gasteiger charge is -2.04. The van der Waals surface area contributed by atoms with E-state index in [1.807, 2.05) is 0 Å². The number of hydrogen-bond donors (Lipinski definition) is 1. The van der Waals surface area contributed by atoms with Gasteiger partial charge in [0.15, 0.2) is 16.7 Å². The Hall–Kier alpha value is -2.09. The van der Waals surface area contributed by atoms with Crippen LogP contribution >= 0.6 is 11.8 Å². The maximum atomic E-state index is 12.8. The number of fused-ring (bicyclic) bond motifs is 1. The Kier molecular flexibility index (Phi) is 2.49. The van der Waals surface area contributed by atoms with E-state index in [9.17, 15) is 13.6 Å². The van der Waals surface area contributed by atoms with E-state index in [4.69, 9.17) is 5.73 Å². The minimum atomic E-state index is -3.65. The number of ether oxygens (including phenoxy) is 2. The molecule has 0 radical (unpaired) electrons. The van der Waals surface area contributed by atoms with Gasteiger partial charge in [0.05, 0.1) is 4.91 Å². The van der Waals surface area contributed by atoms with Crippen molar-refractivity contribution in [2.75, 3.05) is 0 Å². The SMILES string of the molecule is NC1=NC(=O)C(=Cc2ccc3c(c2)OC(F)(F)O3)S1. The fourth-order valence-electron chi connectivity index (χ4n) is 1.63. The Labute approximate surface area is 110 Å². The summed E-state index contributed by atoms with van der Waals surface area (Å²) in [5.74, 6) is -0.581. The van der Waals surface area contributed by atoms with E-state index in [0.29, 0.717) is 10.5 Å². The van der Waals surface area contributed by atoms with E-state index in [1.54, 1.807) is 0 Å². The van der Waals surface area contributed by atoms with Crippen LogP contribution in [0.1, 0.15) is 5.56 Å². The Morgan fingerprint density at radius 2 is 2.05 bits per heavy atom. The van der Waals surface area contributed by atoms with Crippen LogP contribution in [0.4, 0.5) is 8.78 Å². The minimum absolute atomic E-state index is 0.0479. The summed E-state index contributed by atoms with van der Waals surface area (Å²) >= 11 is 1.02. The standard InChI is InChI=1S/C11H6F2N2O3S/c12-11(13)17-6-2-1-5(3-7(6)18-11)4-8-9(16)15-10(14)19-8/h1-4H,(H2,14,15,16). The van der Waals surface area contributed by atoms with Gasteiger partial charge in [-0.15, -0.1) is 8.78 Å². The first-order valence-corrected chi connectivity index (χ1v) is 5.92. The molecule has 0 aromatic heterocycles. The van der Waals surface area contributed by atoms with Crippen LogP contribution in [0.25, 0.3) is 6.08 Å². The molecule has 1 aromatic carbocycles. The summed E-state index contributed by atoms with van der Waals surface area (Å²) in [4.78, 5) is 15.3. The molecule has 2 N–H and O–H groups in total. The van der Waals surface area contributed by atoms with Crippen molar-refractivity contribution in [3.05, 3.63) is 28.7 Å². The molecule has 5 nitrogen and oxygen atoms in total. The molecule has 1 aromatic rings. The number of carbonyl (C=O) groups excluding carboxylic acids is 1. The molecule has 19 heavy (non-hydrogen) atoms. The first-order valence-electron chi connectivity index (χ1n) is 5.11. The van der Waals surface area contributed by atoms with E-state index in [1.165, 1.54) is 24.3 Å². The number of amidine groups is 1. The van der Waals surface area contributed by atoms with Crippen molar-refractivity contribution in [2.24, 2.45) is 10.7 Å². The van der Waals surface area contributed by atoms with Gasteiger partial charge in [0.2, 0.25) is 0 Å². The largest absolute Gasteiger partial charge is 0.586 e. The first kappa shape index (κ1) is 12.0. The molecule has 0 bridgehead atoms. The molecule has 8 heteroatoms. The zero-order valence-corrected chi connectivity index (χ0v) is 10.0. The van der Waals surface area contributed by atoms with E-state index < -0.39 is 12.2 Å². The van der Waals surface area contributed by atoms with Crippen molar-refractivity contribution in [2.45, 2.75) is 6.29 Å². The summed E-state index contributed by atoms with van der Waals surface area (Å²) in [7, 11) is 0. The smallest absolute Gasteiger partial charge is 0.395 e. The van der Waals surface area contributed by atoms with Crippen LogP contribution in [0.5, 0.6) is 11.5 Å². The molecule has 0 unspecified atom stereocenters. The van der Waals surface area contributed by atoms with Gasteiger partial charge in [-0.2, -0.15) is 4.99 Å². The van der Waals surface area contributed by atoms with Gasteiger partial charge in [-0.05, 0) is 35.5 Å². The second kappa shape index (κ2) is 3.95. The van der Waals surface area contributed by atoms with E-state index in [-0.39, 0.29) is 16.7 Å². The number of nitrogens with two attached hydrogens (primary N) is 1. The average molecular weight is 284 g/mol. The molecule has 0 fully saturated rings. The highest BCUT2D eigenvalue weighted by atomic mass is 32.2. The van der Waals surface area contributed by atoms with Crippen molar-refractivity contribution in [1.82, 2.24) is 0 Å². The molecular formula is C11H6F2N2O3S. The molecule has 0 saturated carbocycles. The summed E-state index contributed by atoms with van der Waals surface area (Å²) in [5, 5.41) is 0.156. The highest BCUT2D eigenvalue weighted by molar-refractivity contribution is 8.18. The second-order valence-electron chi connectivity index (χ2n) is 3.74. The fraction of sp³-hybridized carbons (Fsp3) is 0.0909. The monoisotopic (exact) mass is 284 g/mol. The van der Waals surface area contributed by atoms with E-state index >= 15 is 0 Å². The van der Waals surface area contributed by atoms with Crippen molar-refractivity contribution in [3.8, 4) is 11.5 Å². The van der Waals surface area contributed by atoms with Crippen LogP contribution in [-0.4, -0.2) is 17.4 Å². The molecular weight excluding hydrogens is 278 g/mol. The highest BCUT2D eigenvalue weighted by Crippen LogP contribution is 2.41. The summed E-state index contributed by atoms with van der Waals surface area (Å²) in [6, 6.07) is 4.22. The molecule has 2 heterocycles. The average Bonchev–Trinajstić information content (AvgIpc) is 2.76. The summed E-state index contributed by atoms with van der Waals surface area (Å²) < 4.78 is 34.3. The Bertz CT molecular complexity index is 643. The van der Waals surface area contributed by atoms with Gasteiger partial charge in [-0.25, -0.2) is 0 Å². The van der Waals surface area contributed by atoms with E-state index in [0.717, 1.165) is 11.8 Å². The number of carbonyl (C=O) groups is 1. The highest BCUT2D eigenvalue weighted by Gasteiger charge is 2.43. The van der Waals surface area contributed by atoms with Crippen LogP contribution in [0.15, 0.2) is 28.1 Å². The van der Waals surface area contributed by atoms with Gasteiger partial charge >= 0.3 is 6.29 Å². The van der Waals surface area contributed by atoms with Crippen LogP contribution in [-0.2, 0) is 4.79 Å². The lowest BCUT2D eigenvalue weighted by Crippen LogP contribution is -2.25. The van der Waals surface area contributed by atoms with Gasteiger partial charge in [-0.3, -0.25) is 4.79 Å². The number of aliphatic imine (C=N–C) groups is 1. The summed E-state index contributed by atoms with van der Waals surface area (Å²) in [5.41, 5.74) is 5.92. The molecule has 3 rings (SSSR count). The number of benzene rings is 1. The Morgan fingerprint density at radius 1 is 1.32 bits per heavy atom. The lowest BCUT2D eigenvalue weighted by atomic mass is 10.2. The minimum Gasteiger partial charge on any atom is -0.395 e. The predicted molar refractivity (Wildman–Crippen MR) is 64.8 cm³/mol. The molecule has 2 aliphatic rings. The van der Waals surface area contributed by atoms with Gasteiger partial charge in [0.25, 0.3) is 5.91 Å². The van der Waals surface area contributed by atoms with Crippen LogP contribution in [0.2, 0.25) is 0 Å².